The van der Waals surface area contributed by atoms with Crippen molar-refractivity contribution in [3.05, 3.63) is 0 Å². The Hall–Kier alpha value is -1.26. The van der Waals surface area contributed by atoms with Crippen LogP contribution in [0.25, 0.3) is 0 Å². The van der Waals surface area contributed by atoms with Gasteiger partial charge in [0, 0.05) is 0 Å². The molecule has 104 valence electrons. The van der Waals surface area contributed by atoms with Gasteiger partial charge in [0.15, 0.2) is 0 Å². The monoisotopic (exact) mass is 272 g/mol. The molecule has 0 amide bonds. The lowest BCUT2D eigenvalue weighted by atomic mass is 11.0. The molecule has 0 fully saturated rings. The average molecular weight is 272 g/mol. The fourth-order valence-corrected chi connectivity index (χ4v) is 0. The highest BCUT2D eigenvalue weighted by Crippen LogP contribution is 1.67. The minimum Gasteiger partial charge on any atom is -0.368 e. The highest BCUT2D eigenvalue weighted by atomic mass is 28.4. The molecule has 0 aliphatic heterocycles. The van der Waals surface area contributed by atoms with Gasteiger partial charge in [-0.25, -0.2) is 0 Å². The van der Waals surface area contributed by atoms with Crippen LogP contribution in [0.3, 0.4) is 0 Å². The molecule has 0 saturated heterocycles. The zero-order chi connectivity index (χ0) is 15.3. The van der Waals surface area contributed by atoms with Crippen molar-refractivity contribution in [1.82, 2.24) is 0 Å². The predicted octanol–water partition coefficient (Wildman–Crippen LogP) is -1.79. The first-order chi connectivity index (χ1) is 7.66. The van der Waals surface area contributed by atoms with Gasteiger partial charge in [0.2, 0.25) is 0 Å². The predicted molar refractivity (Wildman–Crippen MR) is 61.6 cm³/mol. The lowest BCUT2D eigenvalue weighted by molar-refractivity contribution is -0.106. The van der Waals surface area contributed by atoms with Crippen LogP contribution < -0.4 is 0 Å². The number of carbonyl (C=O) groups excluding carboxylic acids is 4. The smallest absolute Gasteiger partial charge is 0.368 e. The van der Waals surface area contributed by atoms with Gasteiger partial charge in [-0.2, -0.15) is 0 Å². The normalized spacial score (nSPS) is 6.59. The molecular weight excluding hydrogens is 252 g/mol. The fraction of sp³-hybridized carbons (Fsp3) is 0.500. The molecule has 0 bridgehead atoms. The molecule has 0 aromatic carbocycles. The number of carbonyl (C=O) groups is 4. The van der Waals surface area contributed by atoms with Crippen molar-refractivity contribution >= 4 is 34.2 Å². The van der Waals surface area contributed by atoms with Crippen LogP contribution in [-0.4, -0.2) is 53.4 Å². The van der Waals surface area contributed by atoms with E-state index in [2.05, 4.69) is 0 Å². The third-order valence-corrected chi connectivity index (χ3v) is 0. The molecule has 0 radical (unpaired) electrons. The van der Waals surface area contributed by atoms with Gasteiger partial charge in [-0.15, -0.1) is 0 Å². The first kappa shape index (κ1) is 29.6. The van der Waals surface area contributed by atoms with Crippen molar-refractivity contribution in [2.45, 2.75) is 27.7 Å². The summed E-state index contributed by atoms with van der Waals surface area (Å²) in [6.07, 6.45) is 3.00. The first-order valence-corrected chi connectivity index (χ1v) is 5.94. The van der Waals surface area contributed by atoms with E-state index in [1.807, 2.05) is 0 Å². The van der Waals surface area contributed by atoms with E-state index < -0.39 is 9.05 Å². The van der Waals surface area contributed by atoms with E-state index >= 15 is 0 Å². The van der Waals surface area contributed by atoms with Gasteiger partial charge in [0.25, 0.3) is 0 Å². The van der Waals surface area contributed by atoms with Crippen molar-refractivity contribution in [3.8, 4) is 0 Å². The summed E-state index contributed by atoms with van der Waals surface area (Å²) in [6, 6.07) is 0. The van der Waals surface area contributed by atoms with Crippen LogP contribution >= 0.6 is 0 Å². The number of rotatable bonds is 0. The highest BCUT2D eigenvalue weighted by molar-refractivity contribution is 6.46. The van der Waals surface area contributed by atoms with E-state index in [9.17, 15) is 0 Å². The summed E-state index contributed by atoms with van der Waals surface area (Å²) in [5, 5.41) is 0. The topological polar surface area (TPSA) is 149 Å². The van der Waals surface area contributed by atoms with Crippen LogP contribution in [0.5, 0.6) is 0 Å². The molecule has 4 N–H and O–H groups in total. The maximum absolute atomic E-state index is 8.81. The highest BCUT2D eigenvalue weighted by Gasteiger charge is 2.22. The van der Waals surface area contributed by atoms with Crippen molar-refractivity contribution in [3.63, 3.8) is 0 Å². The molecule has 0 saturated carbocycles. The van der Waals surface area contributed by atoms with Crippen LogP contribution in [0.2, 0.25) is 0 Å². The summed E-state index contributed by atoms with van der Waals surface area (Å²) in [5.41, 5.74) is 0. The SMILES string of the molecule is CC=O.CC=O.CC=O.CC=O.O[Si](O)(O)O. The van der Waals surface area contributed by atoms with Gasteiger partial charge < -0.3 is 38.4 Å². The molecule has 0 aliphatic carbocycles. The zero-order valence-corrected chi connectivity index (χ0v) is 11.2. The third kappa shape index (κ3) is 1500. The number of aldehydes is 4. The van der Waals surface area contributed by atoms with Gasteiger partial charge in [-0.05, 0) is 27.7 Å². The van der Waals surface area contributed by atoms with E-state index in [0.717, 1.165) is 25.1 Å². The van der Waals surface area contributed by atoms with Crippen LogP contribution in [0.1, 0.15) is 27.7 Å². The Morgan fingerprint density at radius 2 is 0.588 bits per heavy atom. The maximum Gasteiger partial charge on any atom is 0.668 e. The van der Waals surface area contributed by atoms with Crippen molar-refractivity contribution in [2.75, 3.05) is 0 Å². The summed E-state index contributed by atoms with van der Waals surface area (Å²) >= 11 is 0. The molecule has 17 heavy (non-hydrogen) atoms. The Balaban J connectivity index is -0.0000000362. The lowest BCUT2D eigenvalue weighted by Gasteiger charge is -1.91. The van der Waals surface area contributed by atoms with E-state index in [1.54, 1.807) is 0 Å². The number of hydrogen-bond donors (Lipinski definition) is 4. The first-order valence-electron chi connectivity index (χ1n) is 4.15. The Morgan fingerprint density at radius 3 is 0.588 bits per heavy atom. The third-order valence-electron chi connectivity index (χ3n) is 0. The molecule has 9 heteroatoms. The lowest BCUT2D eigenvalue weighted by Crippen LogP contribution is -2.33. The Labute approximate surface area is 101 Å². The minimum atomic E-state index is -4.61. The summed E-state index contributed by atoms with van der Waals surface area (Å²) in [4.78, 5) is 64.5. The van der Waals surface area contributed by atoms with E-state index in [1.165, 1.54) is 27.7 Å². The molecule has 0 rings (SSSR count). The standard InChI is InChI=1S/4C2H4O.H4O4Si/c4*1-2-3;1-5(2,3)4/h4*2H,1H3;1-4H. The van der Waals surface area contributed by atoms with Crippen LogP contribution in [0.4, 0.5) is 0 Å². The Bertz CT molecular complexity index is 124. The molecule has 0 aliphatic rings. The Kier molecular flexibility index (Phi) is 63.5. The molecule has 8 nitrogen and oxygen atoms in total. The van der Waals surface area contributed by atoms with E-state index in [4.69, 9.17) is 38.4 Å². The second-order valence-corrected chi connectivity index (χ2v) is 2.74. The molecule has 0 heterocycles. The second kappa shape index (κ2) is 36.4. The van der Waals surface area contributed by atoms with Gasteiger partial charge in [0.1, 0.15) is 25.1 Å². The van der Waals surface area contributed by atoms with E-state index in [0.29, 0.717) is 0 Å². The minimum absolute atomic E-state index is 0.750. The largest absolute Gasteiger partial charge is 0.668 e. The van der Waals surface area contributed by atoms with Crippen LogP contribution in [0, 0.1) is 0 Å². The summed E-state index contributed by atoms with van der Waals surface area (Å²) in [7, 11) is -4.61. The van der Waals surface area contributed by atoms with Gasteiger partial charge in [0.05, 0.1) is 0 Å². The van der Waals surface area contributed by atoms with Crippen LogP contribution in [-0.2, 0) is 19.2 Å². The van der Waals surface area contributed by atoms with E-state index in [-0.39, 0.29) is 0 Å². The van der Waals surface area contributed by atoms with Gasteiger partial charge in [-0.1, -0.05) is 0 Å². The average Bonchev–Trinajstić information content (AvgIpc) is 2.04. The van der Waals surface area contributed by atoms with Gasteiger partial charge in [-0.3, -0.25) is 0 Å². The molecule has 0 atom stereocenters. The molecule has 0 spiro atoms. The van der Waals surface area contributed by atoms with Crippen molar-refractivity contribution < 1.29 is 38.4 Å². The second-order valence-electron chi connectivity index (χ2n) is 1.54. The van der Waals surface area contributed by atoms with Gasteiger partial charge >= 0.3 is 9.05 Å². The molecule has 0 aromatic heterocycles. The summed E-state index contributed by atoms with van der Waals surface area (Å²) < 4.78 is 0. The maximum atomic E-state index is 8.81. The summed E-state index contributed by atoms with van der Waals surface area (Å²) in [5.74, 6) is 0. The summed E-state index contributed by atoms with van der Waals surface area (Å²) in [6.45, 7) is 5.78. The number of hydrogen-bond acceptors (Lipinski definition) is 8. The van der Waals surface area contributed by atoms with Crippen molar-refractivity contribution in [1.29, 1.82) is 0 Å². The van der Waals surface area contributed by atoms with Crippen LogP contribution in [0.15, 0.2) is 0 Å². The molecular formula is C8H20O8Si. The fourth-order valence-electron chi connectivity index (χ4n) is 0. The Morgan fingerprint density at radius 1 is 0.588 bits per heavy atom. The zero-order valence-electron chi connectivity index (χ0n) is 10.2. The quantitative estimate of drug-likeness (QED) is 0.298. The molecule has 0 unspecified atom stereocenters. The molecule has 0 aromatic rings. The van der Waals surface area contributed by atoms with Crippen molar-refractivity contribution in [2.24, 2.45) is 0 Å².